The van der Waals surface area contributed by atoms with Crippen LogP contribution in [0.5, 0.6) is 0 Å². The highest BCUT2D eigenvalue weighted by Gasteiger charge is 2.05. The molecule has 90 valence electrons. The second kappa shape index (κ2) is 6.71. The van der Waals surface area contributed by atoms with Crippen molar-refractivity contribution in [3.05, 3.63) is 24.0 Å². The summed E-state index contributed by atoms with van der Waals surface area (Å²) in [5.74, 6) is -0.972. The van der Waals surface area contributed by atoms with Crippen molar-refractivity contribution in [2.45, 2.75) is 20.3 Å². The third kappa shape index (κ3) is 5.90. The summed E-state index contributed by atoms with van der Waals surface area (Å²) in [4.78, 5) is 13.2. The molecule has 0 bridgehead atoms. The van der Waals surface area contributed by atoms with E-state index in [1.54, 1.807) is 13.8 Å². The molecule has 0 aromatic carbocycles. The predicted octanol–water partition coefficient (Wildman–Crippen LogP) is 2.33. The number of aromatic nitrogens is 1. The Bertz CT molecular complexity index is 343. The fourth-order valence-electron chi connectivity index (χ4n) is 0.596. The Balaban J connectivity index is 0.000000325. The van der Waals surface area contributed by atoms with Crippen molar-refractivity contribution in [2.75, 3.05) is 5.73 Å². The van der Waals surface area contributed by atoms with E-state index in [0.29, 0.717) is 0 Å². The molecular formula is C10H14F2N2O2. The van der Waals surface area contributed by atoms with Gasteiger partial charge in [0, 0.05) is 18.0 Å². The first-order chi connectivity index (χ1) is 7.34. The van der Waals surface area contributed by atoms with Crippen LogP contribution in [0.3, 0.4) is 0 Å². The average Bonchev–Trinajstić information content (AvgIpc) is 2.18. The molecular weight excluding hydrogens is 218 g/mol. The van der Waals surface area contributed by atoms with Gasteiger partial charge in [0.25, 0.3) is 6.43 Å². The third-order valence-corrected chi connectivity index (χ3v) is 1.53. The Labute approximate surface area is 92.1 Å². The minimum absolute atomic E-state index is 0.139. The molecule has 1 rings (SSSR count). The van der Waals surface area contributed by atoms with E-state index in [0.717, 1.165) is 6.20 Å². The predicted molar refractivity (Wildman–Crippen MR) is 56.1 cm³/mol. The van der Waals surface area contributed by atoms with Crippen molar-refractivity contribution in [2.24, 2.45) is 5.92 Å². The summed E-state index contributed by atoms with van der Waals surface area (Å²) in [5, 5.41) is 7.99. The minimum Gasteiger partial charge on any atom is -0.481 e. The average molecular weight is 232 g/mol. The van der Waals surface area contributed by atoms with Crippen LogP contribution in [0.4, 0.5) is 14.5 Å². The van der Waals surface area contributed by atoms with Crippen LogP contribution in [-0.4, -0.2) is 16.1 Å². The highest BCUT2D eigenvalue weighted by atomic mass is 19.3. The first-order valence-electron chi connectivity index (χ1n) is 4.56. The lowest BCUT2D eigenvalue weighted by atomic mass is 10.2. The number of nitrogens with two attached hydrogens (primary N) is 1. The number of halogens is 2. The number of hydrogen-bond acceptors (Lipinski definition) is 3. The number of carbonyl (C=O) groups is 1. The van der Waals surface area contributed by atoms with Crippen molar-refractivity contribution < 1.29 is 18.7 Å². The molecule has 0 fully saturated rings. The second-order valence-electron chi connectivity index (χ2n) is 3.35. The van der Waals surface area contributed by atoms with Gasteiger partial charge in [0.1, 0.15) is 0 Å². The topological polar surface area (TPSA) is 76.2 Å². The van der Waals surface area contributed by atoms with E-state index in [1.165, 1.54) is 12.3 Å². The molecule has 16 heavy (non-hydrogen) atoms. The number of nitrogens with zero attached hydrogens (tertiary/aromatic N) is 1. The molecule has 0 aliphatic heterocycles. The fourth-order valence-corrected chi connectivity index (χ4v) is 0.596. The van der Waals surface area contributed by atoms with Gasteiger partial charge in [-0.3, -0.25) is 9.78 Å². The van der Waals surface area contributed by atoms with Gasteiger partial charge in [-0.05, 0) is 6.07 Å². The Kier molecular flexibility index (Phi) is 5.99. The van der Waals surface area contributed by atoms with Crippen molar-refractivity contribution in [3.8, 4) is 0 Å². The maximum atomic E-state index is 11.9. The number of hydrogen-bond donors (Lipinski definition) is 2. The Hall–Kier alpha value is -1.72. The van der Waals surface area contributed by atoms with Crippen LogP contribution >= 0.6 is 0 Å². The lowest BCUT2D eigenvalue weighted by Crippen LogP contribution is -2.03. The molecule has 0 atom stereocenters. The van der Waals surface area contributed by atoms with Crippen molar-refractivity contribution in [3.63, 3.8) is 0 Å². The maximum Gasteiger partial charge on any atom is 0.305 e. The number of carboxylic acids is 1. The molecule has 4 nitrogen and oxygen atoms in total. The summed E-state index contributed by atoms with van der Waals surface area (Å²) >= 11 is 0. The van der Waals surface area contributed by atoms with E-state index in [2.05, 4.69) is 4.98 Å². The molecule has 1 heterocycles. The molecule has 0 radical (unpaired) electrons. The van der Waals surface area contributed by atoms with Crippen molar-refractivity contribution in [1.29, 1.82) is 0 Å². The van der Waals surface area contributed by atoms with E-state index >= 15 is 0 Å². The SMILES string of the molecule is CC(C)C(=O)O.Nc1cncc(C(F)F)c1. The van der Waals surface area contributed by atoms with E-state index in [1.807, 2.05) is 0 Å². The van der Waals surface area contributed by atoms with Gasteiger partial charge < -0.3 is 10.8 Å². The summed E-state index contributed by atoms with van der Waals surface area (Å²) < 4.78 is 23.7. The van der Waals surface area contributed by atoms with Gasteiger partial charge in [-0.2, -0.15) is 0 Å². The lowest BCUT2D eigenvalue weighted by molar-refractivity contribution is -0.140. The zero-order valence-electron chi connectivity index (χ0n) is 9.02. The van der Waals surface area contributed by atoms with Gasteiger partial charge in [0.15, 0.2) is 0 Å². The van der Waals surface area contributed by atoms with Gasteiger partial charge in [-0.15, -0.1) is 0 Å². The molecule has 6 heteroatoms. The normalized spacial score (nSPS) is 9.88. The quantitative estimate of drug-likeness (QED) is 0.820. The zero-order valence-corrected chi connectivity index (χ0v) is 9.02. The van der Waals surface area contributed by atoms with E-state index < -0.39 is 12.4 Å². The summed E-state index contributed by atoms with van der Waals surface area (Å²) in [6.45, 7) is 3.28. The number of rotatable bonds is 2. The highest BCUT2D eigenvalue weighted by Crippen LogP contribution is 2.18. The number of pyridine rings is 1. The van der Waals surface area contributed by atoms with Crippen LogP contribution in [0.25, 0.3) is 0 Å². The summed E-state index contributed by atoms with van der Waals surface area (Å²) in [5.41, 5.74) is 5.32. The zero-order chi connectivity index (χ0) is 12.7. The molecule has 0 unspecified atom stereocenters. The van der Waals surface area contributed by atoms with Crippen molar-refractivity contribution in [1.82, 2.24) is 4.98 Å². The highest BCUT2D eigenvalue weighted by molar-refractivity contribution is 5.68. The largest absolute Gasteiger partial charge is 0.481 e. The van der Waals surface area contributed by atoms with E-state index in [-0.39, 0.29) is 17.2 Å². The number of aliphatic carboxylic acids is 1. The Morgan fingerprint density at radius 1 is 1.44 bits per heavy atom. The third-order valence-electron chi connectivity index (χ3n) is 1.53. The van der Waals surface area contributed by atoms with E-state index in [4.69, 9.17) is 10.8 Å². The first-order valence-corrected chi connectivity index (χ1v) is 4.56. The minimum atomic E-state index is -2.49. The van der Waals surface area contributed by atoms with Gasteiger partial charge in [-0.1, -0.05) is 13.8 Å². The van der Waals surface area contributed by atoms with Crippen LogP contribution in [-0.2, 0) is 4.79 Å². The molecule has 0 saturated carbocycles. The molecule has 0 amide bonds. The smallest absolute Gasteiger partial charge is 0.305 e. The Morgan fingerprint density at radius 3 is 2.19 bits per heavy atom. The number of nitrogen functional groups attached to an aromatic ring is 1. The molecule has 0 saturated heterocycles. The van der Waals surface area contributed by atoms with Crippen LogP contribution in [0, 0.1) is 5.92 Å². The molecule has 0 spiro atoms. The maximum absolute atomic E-state index is 11.9. The van der Waals surface area contributed by atoms with Gasteiger partial charge in [-0.25, -0.2) is 8.78 Å². The Morgan fingerprint density at radius 2 is 1.94 bits per heavy atom. The van der Waals surface area contributed by atoms with Gasteiger partial charge >= 0.3 is 5.97 Å². The molecule has 1 aromatic rings. The van der Waals surface area contributed by atoms with Crippen LogP contribution < -0.4 is 5.73 Å². The molecule has 0 aliphatic rings. The van der Waals surface area contributed by atoms with Crippen LogP contribution in [0.2, 0.25) is 0 Å². The summed E-state index contributed by atoms with van der Waals surface area (Å²) in [6, 6.07) is 1.21. The van der Waals surface area contributed by atoms with Crippen LogP contribution in [0.1, 0.15) is 25.8 Å². The number of anilines is 1. The standard InChI is InChI=1S/C6H6F2N2.C4H8O2/c7-6(8)4-1-5(9)3-10-2-4;1-3(2)4(5)6/h1-3,6H,9H2;3H,1-2H3,(H,5,6). The molecule has 1 aromatic heterocycles. The number of carboxylic acid groups (broad SMARTS) is 1. The van der Waals surface area contributed by atoms with Gasteiger partial charge in [0.05, 0.1) is 11.6 Å². The first kappa shape index (κ1) is 14.3. The number of alkyl halides is 2. The van der Waals surface area contributed by atoms with Crippen molar-refractivity contribution >= 4 is 11.7 Å². The lowest BCUT2D eigenvalue weighted by Gasteiger charge is -1.97. The second-order valence-corrected chi connectivity index (χ2v) is 3.35. The molecule has 0 aliphatic carbocycles. The summed E-state index contributed by atoms with van der Waals surface area (Å²) in [6.07, 6.45) is -0.0663. The monoisotopic (exact) mass is 232 g/mol. The van der Waals surface area contributed by atoms with Crippen LogP contribution in [0.15, 0.2) is 18.5 Å². The van der Waals surface area contributed by atoms with E-state index in [9.17, 15) is 13.6 Å². The summed E-state index contributed by atoms with van der Waals surface area (Å²) in [7, 11) is 0. The molecule has 3 N–H and O–H groups in total. The fraction of sp³-hybridized carbons (Fsp3) is 0.400. The van der Waals surface area contributed by atoms with Gasteiger partial charge in [0.2, 0.25) is 0 Å².